The molecule has 0 fully saturated rings. The monoisotopic (exact) mass is 257 g/mol. The largest absolute Gasteiger partial charge is 0.462 e. The van der Waals surface area contributed by atoms with Crippen LogP contribution in [0.1, 0.15) is 53.9 Å². The molecule has 0 aliphatic heterocycles. The van der Waals surface area contributed by atoms with Crippen molar-refractivity contribution < 1.29 is 19.1 Å². The van der Waals surface area contributed by atoms with E-state index in [1.165, 1.54) is 13.8 Å². The summed E-state index contributed by atoms with van der Waals surface area (Å²) in [5, 5.41) is 0. The summed E-state index contributed by atoms with van der Waals surface area (Å²) in [6.07, 6.45) is 1.43. The van der Waals surface area contributed by atoms with Gasteiger partial charge < -0.3 is 9.47 Å². The Morgan fingerprint density at radius 3 is 2.11 bits per heavy atom. The van der Waals surface area contributed by atoms with E-state index in [4.69, 9.17) is 9.47 Å². The van der Waals surface area contributed by atoms with E-state index in [0.717, 1.165) is 6.42 Å². The van der Waals surface area contributed by atoms with Gasteiger partial charge in [0.15, 0.2) is 0 Å². The normalized spacial score (nSPS) is 15.9. The number of ether oxygens (including phenoxy) is 2. The van der Waals surface area contributed by atoms with Crippen LogP contribution in [0.25, 0.3) is 0 Å². The van der Waals surface area contributed by atoms with Crippen molar-refractivity contribution in [1.82, 2.24) is 0 Å². The highest BCUT2D eigenvalue weighted by atomic mass is 16.6. The highest BCUT2D eigenvalue weighted by molar-refractivity contribution is 5.67. The molecule has 4 heteroatoms. The molecule has 0 rings (SSSR count). The van der Waals surface area contributed by atoms with Crippen molar-refractivity contribution in [1.29, 1.82) is 0 Å². The minimum atomic E-state index is -0.680. The van der Waals surface area contributed by atoms with E-state index in [2.05, 4.69) is 20.8 Å². The van der Waals surface area contributed by atoms with Crippen molar-refractivity contribution in [2.45, 2.75) is 65.6 Å². The van der Waals surface area contributed by atoms with Gasteiger partial charge in [0, 0.05) is 20.3 Å². The third kappa shape index (κ3) is 7.30. The second kappa shape index (κ2) is 7.39. The van der Waals surface area contributed by atoms with Crippen LogP contribution in [0.15, 0.2) is 0 Å². The summed E-state index contributed by atoms with van der Waals surface area (Å²) < 4.78 is 10.6. The molecule has 0 aromatic rings. The maximum absolute atomic E-state index is 11.1. The Bertz CT molecular complexity index is 286. The number of carbonyl (C=O) groups excluding carboxylic acids is 2. The van der Waals surface area contributed by atoms with Crippen LogP contribution in [0, 0.1) is 12.8 Å². The van der Waals surface area contributed by atoms with Crippen molar-refractivity contribution >= 4 is 11.9 Å². The Morgan fingerprint density at radius 2 is 1.78 bits per heavy atom. The number of rotatable bonds is 7. The Hall–Kier alpha value is -1.06. The lowest BCUT2D eigenvalue weighted by Gasteiger charge is -2.32. The molecule has 0 saturated heterocycles. The minimum Gasteiger partial charge on any atom is -0.462 e. The number of esters is 2. The van der Waals surface area contributed by atoms with E-state index < -0.39 is 5.60 Å². The lowest BCUT2D eigenvalue weighted by atomic mass is 9.91. The van der Waals surface area contributed by atoms with Gasteiger partial charge in [-0.15, -0.1) is 0 Å². The molecule has 0 saturated carbocycles. The summed E-state index contributed by atoms with van der Waals surface area (Å²) in [5.74, 6) is -0.247. The van der Waals surface area contributed by atoms with Gasteiger partial charge >= 0.3 is 11.9 Å². The van der Waals surface area contributed by atoms with Crippen LogP contribution in [0.2, 0.25) is 0 Å². The Kier molecular flexibility index (Phi) is 6.96. The van der Waals surface area contributed by atoms with Gasteiger partial charge in [-0.1, -0.05) is 13.8 Å². The van der Waals surface area contributed by atoms with Crippen molar-refractivity contribution in [2.24, 2.45) is 5.92 Å². The number of carbonyl (C=O) groups is 2. The van der Waals surface area contributed by atoms with Gasteiger partial charge in [0.2, 0.25) is 0 Å². The molecule has 0 heterocycles. The summed E-state index contributed by atoms with van der Waals surface area (Å²) in [7, 11) is 0. The zero-order chi connectivity index (χ0) is 14.3. The van der Waals surface area contributed by atoms with Gasteiger partial charge in [-0.25, -0.2) is 0 Å². The highest BCUT2D eigenvalue weighted by Gasteiger charge is 2.31. The van der Waals surface area contributed by atoms with Crippen LogP contribution in [0.4, 0.5) is 0 Å². The SMILES string of the molecule is [CH2]CC(C)(CC(CC(C)C)OC(C)=O)OC(C)=O. The highest BCUT2D eigenvalue weighted by Crippen LogP contribution is 2.26. The van der Waals surface area contributed by atoms with Crippen LogP contribution in [0.3, 0.4) is 0 Å². The molecule has 105 valence electrons. The molecule has 0 aromatic heterocycles. The van der Waals surface area contributed by atoms with Crippen LogP contribution in [-0.4, -0.2) is 23.6 Å². The molecule has 2 atom stereocenters. The van der Waals surface area contributed by atoms with Crippen molar-refractivity contribution in [3.63, 3.8) is 0 Å². The van der Waals surface area contributed by atoms with Crippen molar-refractivity contribution in [2.75, 3.05) is 0 Å². The molecule has 4 nitrogen and oxygen atoms in total. The molecule has 0 amide bonds. The molecule has 0 aliphatic carbocycles. The first-order valence-electron chi connectivity index (χ1n) is 6.34. The fourth-order valence-electron chi connectivity index (χ4n) is 1.96. The average Bonchev–Trinajstić information content (AvgIpc) is 2.13. The fourth-order valence-corrected chi connectivity index (χ4v) is 1.96. The zero-order valence-corrected chi connectivity index (χ0v) is 12.1. The van der Waals surface area contributed by atoms with Gasteiger partial charge in [-0.05, 0) is 32.6 Å². The smallest absolute Gasteiger partial charge is 0.303 e. The summed E-state index contributed by atoms with van der Waals surface area (Å²) in [6, 6.07) is 0. The summed E-state index contributed by atoms with van der Waals surface area (Å²) in [6.45, 7) is 12.5. The van der Waals surface area contributed by atoms with Crippen molar-refractivity contribution in [3.05, 3.63) is 6.92 Å². The van der Waals surface area contributed by atoms with Gasteiger partial charge in [-0.2, -0.15) is 0 Å². The van der Waals surface area contributed by atoms with E-state index in [1.807, 2.05) is 6.92 Å². The zero-order valence-electron chi connectivity index (χ0n) is 12.1. The maximum Gasteiger partial charge on any atom is 0.303 e. The minimum absolute atomic E-state index is 0.242. The van der Waals surface area contributed by atoms with E-state index >= 15 is 0 Å². The topological polar surface area (TPSA) is 52.6 Å². The molecular formula is C14H25O4. The fraction of sp³-hybridized carbons (Fsp3) is 0.786. The Labute approximate surface area is 110 Å². The van der Waals surface area contributed by atoms with Crippen molar-refractivity contribution in [3.8, 4) is 0 Å². The van der Waals surface area contributed by atoms with Gasteiger partial charge in [0.25, 0.3) is 0 Å². The Balaban J connectivity index is 4.68. The number of hydrogen-bond acceptors (Lipinski definition) is 4. The molecule has 0 aliphatic rings. The molecule has 0 N–H and O–H groups in total. The molecule has 2 unspecified atom stereocenters. The van der Waals surface area contributed by atoms with Crippen LogP contribution in [-0.2, 0) is 19.1 Å². The third-order valence-corrected chi connectivity index (χ3v) is 2.65. The second-order valence-electron chi connectivity index (χ2n) is 5.36. The molecule has 1 radical (unpaired) electrons. The lowest BCUT2D eigenvalue weighted by Crippen LogP contribution is -2.36. The lowest BCUT2D eigenvalue weighted by molar-refractivity contribution is -0.162. The van der Waals surface area contributed by atoms with Crippen LogP contribution in [0.5, 0.6) is 0 Å². The molecular weight excluding hydrogens is 232 g/mol. The molecule has 0 spiro atoms. The summed E-state index contributed by atoms with van der Waals surface area (Å²) in [4.78, 5) is 22.2. The molecule has 0 aromatic carbocycles. The van der Waals surface area contributed by atoms with E-state index in [9.17, 15) is 9.59 Å². The summed E-state index contributed by atoms with van der Waals surface area (Å²) >= 11 is 0. The Morgan fingerprint density at radius 1 is 1.22 bits per heavy atom. The predicted octanol–water partition coefficient (Wildman–Crippen LogP) is 2.90. The van der Waals surface area contributed by atoms with E-state index in [0.29, 0.717) is 18.8 Å². The third-order valence-electron chi connectivity index (χ3n) is 2.65. The predicted molar refractivity (Wildman–Crippen MR) is 69.8 cm³/mol. The first-order chi connectivity index (χ1) is 8.18. The summed E-state index contributed by atoms with van der Waals surface area (Å²) in [5.41, 5.74) is -0.680. The standard InChI is InChI=1S/C14H25O4/c1-7-14(6,18-12(5)16)9-13(8-10(2)3)17-11(4)15/h10,13H,1,7-9H2,2-6H3. The molecule has 0 bridgehead atoms. The average molecular weight is 257 g/mol. The maximum atomic E-state index is 11.1. The van der Waals surface area contributed by atoms with Gasteiger partial charge in [-0.3, -0.25) is 9.59 Å². The van der Waals surface area contributed by atoms with E-state index in [-0.39, 0.29) is 18.0 Å². The first-order valence-corrected chi connectivity index (χ1v) is 6.34. The van der Waals surface area contributed by atoms with Crippen LogP contribution < -0.4 is 0 Å². The van der Waals surface area contributed by atoms with Gasteiger partial charge in [0.05, 0.1) is 0 Å². The number of hydrogen-bond donors (Lipinski definition) is 0. The second-order valence-corrected chi connectivity index (χ2v) is 5.36. The van der Waals surface area contributed by atoms with Crippen LogP contribution >= 0.6 is 0 Å². The van der Waals surface area contributed by atoms with Gasteiger partial charge in [0.1, 0.15) is 11.7 Å². The molecule has 18 heavy (non-hydrogen) atoms. The first kappa shape index (κ1) is 16.9. The quantitative estimate of drug-likeness (QED) is 0.658. The van der Waals surface area contributed by atoms with E-state index in [1.54, 1.807) is 0 Å².